The molecule has 1 saturated heterocycles. The van der Waals surface area contributed by atoms with Gasteiger partial charge in [0.05, 0.1) is 36.6 Å². The van der Waals surface area contributed by atoms with E-state index in [-0.39, 0.29) is 5.56 Å². The van der Waals surface area contributed by atoms with Crippen LogP contribution in [0.4, 0.5) is 0 Å². The van der Waals surface area contributed by atoms with Gasteiger partial charge in [0, 0.05) is 30.0 Å². The second kappa shape index (κ2) is 7.57. The largest absolute Gasteiger partial charge is 0.379 e. The number of morpholine rings is 1. The van der Waals surface area contributed by atoms with Gasteiger partial charge >= 0.3 is 0 Å². The molecule has 6 nitrogen and oxygen atoms in total. The van der Waals surface area contributed by atoms with Gasteiger partial charge in [-0.3, -0.25) is 9.69 Å². The summed E-state index contributed by atoms with van der Waals surface area (Å²) in [5.74, 6) is 6.42. The van der Waals surface area contributed by atoms with Gasteiger partial charge in [-0.05, 0) is 31.2 Å². The lowest BCUT2D eigenvalue weighted by Crippen LogP contribution is -2.36. The standard InChI is InChI=1S/C20H19ClN4O2/c1-14-17(3-2-8-24-9-11-27-12-10-24)19-18(13-22-14)20(26)25(23-19)16-6-4-15(21)5-7-16/h4-7,13,22H,8-12H2,1H3. The van der Waals surface area contributed by atoms with E-state index in [9.17, 15) is 4.79 Å². The molecule has 3 heterocycles. The van der Waals surface area contributed by atoms with Crippen LogP contribution in [0.2, 0.25) is 5.02 Å². The molecule has 3 aliphatic rings. The van der Waals surface area contributed by atoms with Crippen LogP contribution < -0.4 is 5.56 Å². The Hall–Kier alpha value is -2.59. The number of fused-ring (bicyclic) bond motifs is 1. The van der Waals surface area contributed by atoms with Crippen LogP contribution in [-0.2, 0) is 4.74 Å². The average molecular weight is 383 g/mol. The summed E-state index contributed by atoms with van der Waals surface area (Å²) in [4.78, 5) is 18.2. The van der Waals surface area contributed by atoms with Gasteiger partial charge in [-0.15, -0.1) is 0 Å². The molecule has 1 aromatic carbocycles. The smallest absolute Gasteiger partial charge is 0.282 e. The predicted molar refractivity (Wildman–Crippen MR) is 105 cm³/mol. The van der Waals surface area contributed by atoms with Crippen LogP contribution in [0.5, 0.6) is 0 Å². The molecule has 0 radical (unpaired) electrons. The summed E-state index contributed by atoms with van der Waals surface area (Å²) in [7, 11) is 0. The quantitative estimate of drug-likeness (QED) is 0.691. The molecule has 0 unspecified atom stereocenters. The van der Waals surface area contributed by atoms with Crippen LogP contribution >= 0.6 is 11.6 Å². The highest BCUT2D eigenvalue weighted by molar-refractivity contribution is 6.30. The van der Waals surface area contributed by atoms with E-state index >= 15 is 0 Å². The zero-order valence-electron chi connectivity index (χ0n) is 15.0. The van der Waals surface area contributed by atoms with E-state index in [4.69, 9.17) is 16.3 Å². The summed E-state index contributed by atoms with van der Waals surface area (Å²) in [6, 6.07) is 7.03. The monoisotopic (exact) mass is 382 g/mol. The molecule has 1 fully saturated rings. The molecular formula is C20H19ClN4O2. The Bertz CT molecular complexity index is 1040. The van der Waals surface area contributed by atoms with E-state index in [2.05, 4.69) is 26.8 Å². The van der Waals surface area contributed by atoms with Crippen molar-refractivity contribution in [3.8, 4) is 28.8 Å². The molecule has 0 saturated carbocycles. The number of aryl methyl sites for hydroxylation is 1. The molecule has 3 aliphatic heterocycles. The van der Waals surface area contributed by atoms with Crippen LogP contribution in [0.3, 0.4) is 0 Å². The summed E-state index contributed by atoms with van der Waals surface area (Å²) >= 11 is 5.94. The Morgan fingerprint density at radius 3 is 2.74 bits per heavy atom. The third kappa shape index (κ3) is 3.62. The second-order valence-electron chi connectivity index (χ2n) is 6.43. The Morgan fingerprint density at radius 2 is 2.00 bits per heavy atom. The maximum atomic E-state index is 12.8. The summed E-state index contributed by atoms with van der Waals surface area (Å²) in [6.07, 6.45) is 1.69. The van der Waals surface area contributed by atoms with Crippen molar-refractivity contribution >= 4 is 11.6 Å². The zero-order valence-corrected chi connectivity index (χ0v) is 15.7. The minimum absolute atomic E-state index is 0.181. The molecule has 7 heteroatoms. The Morgan fingerprint density at radius 1 is 1.26 bits per heavy atom. The third-order valence-corrected chi connectivity index (χ3v) is 4.87. The highest BCUT2D eigenvalue weighted by atomic mass is 35.5. The van der Waals surface area contributed by atoms with E-state index < -0.39 is 0 Å². The molecule has 0 aliphatic carbocycles. The lowest BCUT2D eigenvalue weighted by Gasteiger charge is -2.24. The fraction of sp³-hybridized carbons (Fsp3) is 0.300. The molecule has 27 heavy (non-hydrogen) atoms. The number of rotatable bonds is 2. The van der Waals surface area contributed by atoms with E-state index in [0.29, 0.717) is 28.5 Å². The number of hydrogen-bond acceptors (Lipinski definition) is 4. The van der Waals surface area contributed by atoms with E-state index in [1.165, 1.54) is 4.68 Å². The van der Waals surface area contributed by atoms with E-state index in [1.54, 1.807) is 30.5 Å². The van der Waals surface area contributed by atoms with Crippen LogP contribution in [0.15, 0.2) is 35.3 Å². The van der Waals surface area contributed by atoms with Gasteiger partial charge in [-0.2, -0.15) is 9.78 Å². The van der Waals surface area contributed by atoms with E-state index in [0.717, 1.165) is 37.6 Å². The van der Waals surface area contributed by atoms with Gasteiger partial charge in [-0.1, -0.05) is 23.4 Å². The molecule has 1 aromatic rings. The van der Waals surface area contributed by atoms with E-state index in [1.807, 2.05) is 6.92 Å². The fourth-order valence-electron chi connectivity index (χ4n) is 3.07. The van der Waals surface area contributed by atoms with Gasteiger partial charge in [0.25, 0.3) is 5.56 Å². The first-order valence-corrected chi connectivity index (χ1v) is 9.17. The van der Waals surface area contributed by atoms with Crippen LogP contribution in [0.25, 0.3) is 16.9 Å². The number of benzene rings is 1. The number of aromatic nitrogens is 3. The number of H-pyrrole nitrogens is 1. The molecular weight excluding hydrogens is 364 g/mol. The number of pyridine rings is 1. The number of nitrogens with zero attached hydrogens (tertiary/aromatic N) is 3. The van der Waals surface area contributed by atoms with Crippen molar-refractivity contribution in [3.63, 3.8) is 0 Å². The minimum Gasteiger partial charge on any atom is -0.379 e. The van der Waals surface area contributed by atoms with Gasteiger partial charge in [-0.25, -0.2) is 0 Å². The summed E-state index contributed by atoms with van der Waals surface area (Å²) in [5.41, 5.74) is 3.26. The molecule has 0 amide bonds. The number of halogens is 1. The highest BCUT2D eigenvalue weighted by Gasteiger charge is 2.20. The first-order chi connectivity index (χ1) is 13.1. The van der Waals surface area contributed by atoms with Crippen molar-refractivity contribution in [1.82, 2.24) is 19.7 Å². The summed E-state index contributed by atoms with van der Waals surface area (Å²) < 4.78 is 6.75. The van der Waals surface area contributed by atoms with Gasteiger partial charge in [0.1, 0.15) is 5.69 Å². The van der Waals surface area contributed by atoms with Crippen LogP contribution in [0.1, 0.15) is 11.3 Å². The van der Waals surface area contributed by atoms with Crippen LogP contribution in [0, 0.1) is 18.8 Å². The van der Waals surface area contributed by atoms with Crippen molar-refractivity contribution < 1.29 is 4.74 Å². The lowest BCUT2D eigenvalue weighted by molar-refractivity contribution is 0.0443. The second-order valence-corrected chi connectivity index (χ2v) is 6.87. The topological polar surface area (TPSA) is 63.2 Å². The maximum Gasteiger partial charge on any atom is 0.282 e. The summed E-state index contributed by atoms with van der Waals surface area (Å²) in [6.45, 7) is 5.87. The molecule has 1 N–H and O–H groups in total. The zero-order chi connectivity index (χ0) is 18.8. The highest BCUT2D eigenvalue weighted by Crippen LogP contribution is 2.23. The van der Waals surface area contributed by atoms with Crippen molar-refractivity contribution in [1.29, 1.82) is 0 Å². The molecule has 0 spiro atoms. The number of nitrogens with one attached hydrogen (secondary N) is 1. The maximum absolute atomic E-state index is 12.8. The Kier molecular flexibility index (Phi) is 4.99. The minimum atomic E-state index is -0.181. The van der Waals surface area contributed by atoms with Crippen molar-refractivity contribution in [2.75, 3.05) is 32.8 Å². The third-order valence-electron chi connectivity index (χ3n) is 4.61. The fourth-order valence-corrected chi connectivity index (χ4v) is 3.19. The number of hydrogen-bond donors (Lipinski definition) is 1. The Labute approximate surface area is 162 Å². The Balaban J connectivity index is 1.71. The van der Waals surface area contributed by atoms with Crippen molar-refractivity contribution in [2.24, 2.45) is 0 Å². The SMILES string of the molecule is Cc1[nH]cc2c(=O)n(-c3ccc(Cl)cc3)nc-2c1C#CCN1CCOCC1. The summed E-state index contributed by atoms with van der Waals surface area (Å²) in [5, 5.41) is 5.16. The van der Waals surface area contributed by atoms with Crippen molar-refractivity contribution in [3.05, 3.63) is 57.1 Å². The lowest BCUT2D eigenvalue weighted by atomic mass is 10.1. The average Bonchev–Trinajstić information content (AvgIpc) is 3.02. The van der Waals surface area contributed by atoms with Crippen LogP contribution in [-0.4, -0.2) is 52.5 Å². The van der Waals surface area contributed by atoms with Crippen molar-refractivity contribution in [2.45, 2.75) is 6.92 Å². The molecule has 0 aromatic heterocycles. The first-order valence-electron chi connectivity index (χ1n) is 8.79. The van der Waals surface area contributed by atoms with Gasteiger partial charge < -0.3 is 9.72 Å². The normalized spacial score (nSPS) is 14.9. The number of ether oxygens (including phenoxy) is 1. The molecule has 0 bridgehead atoms. The first kappa shape index (κ1) is 17.8. The molecule has 4 rings (SSSR count). The van der Waals surface area contributed by atoms with Gasteiger partial charge in [0.15, 0.2) is 0 Å². The predicted octanol–water partition coefficient (Wildman–Crippen LogP) is 2.31. The number of aromatic amines is 1. The van der Waals surface area contributed by atoms with Gasteiger partial charge in [0.2, 0.25) is 0 Å². The molecule has 138 valence electrons. The molecule has 0 atom stereocenters.